The molecule has 1 aliphatic carbocycles. The van der Waals surface area contributed by atoms with Gasteiger partial charge in [0.05, 0.1) is 12.6 Å². The lowest BCUT2D eigenvalue weighted by molar-refractivity contribution is 0.0574. The van der Waals surface area contributed by atoms with E-state index in [-0.39, 0.29) is 0 Å². The van der Waals surface area contributed by atoms with Crippen LogP contribution < -0.4 is 10.6 Å². The summed E-state index contributed by atoms with van der Waals surface area (Å²) in [5, 5.41) is 6.63. The molecule has 2 N–H and O–H groups in total. The SMILES string of the molecule is CCNC(=NCc1coc(-c2ccc(C)cc2)n1)NCCCOC1CCCC1. The van der Waals surface area contributed by atoms with Crippen LogP contribution >= 0.6 is 0 Å². The zero-order chi connectivity index (χ0) is 19.6. The number of nitrogens with zero attached hydrogens (tertiary/aromatic N) is 2. The van der Waals surface area contributed by atoms with Gasteiger partial charge in [0.15, 0.2) is 5.96 Å². The van der Waals surface area contributed by atoms with Gasteiger partial charge in [0, 0.05) is 25.3 Å². The number of hydrogen-bond donors (Lipinski definition) is 2. The van der Waals surface area contributed by atoms with Crippen LogP contribution in [0.25, 0.3) is 11.5 Å². The third kappa shape index (κ3) is 6.37. The first kappa shape index (κ1) is 20.4. The highest BCUT2D eigenvalue weighted by Crippen LogP contribution is 2.21. The topological polar surface area (TPSA) is 71.7 Å². The normalized spacial score (nSPS) is 15.1. The van der Waals surface area contributed by atoms with Crippen molar-refractivity contribution in [1.82, 2.24) is 15.6 Å². The summed E-state index contributed by atoms with van der Waals surface area (Å²) in [7, 11) is 0. The summed E-state index contributed by atoms with van der Waals surface area (Å²) in [4.78, 5) is 9.16. The second kappa shape index (κ2) is 10.9. The minimum Gasteiger partial charge on any atom is -0.444 e. The Morgan fingerprint density at radius 3 is 2.75 bits per heavy atom. The summed E-state index contributed by atoms with van der Waals surface area (Å²) >= 11 is 0. The molecular weight excluding hydrogens is 352 g/mol. The first-order chi connectivity index (χ1) is 13.7. The van der Waals surface area contributed by atoms with E-state index in [0.29, 0.717) is 18.5 Å². The lowest BCUT2D eigenvalue weighted by Crippen LogP contribution is -2.38. The summed E-state index contributed by atoms with van der Waals surface area (Å²) < 4.78 is 11.5. The van der Waals surface area contributed by atoms with Crippen molar-refractivity contribution in [2.45, 2.75) is 58.6 Å². The molecule has 0 bridgehead atoms. The summed E-state index contributed by atoms with van der Waals surface area (Å²) in [6.07, 6.45) is 8.21. The second-order valence-corrected chi connectivity index (χ2v) is 7.26. The molecule has 0 radical (unpaired) electrons. The second-order valence-electron chi connectivity index (χ2n) is 7.26. The van der Waals surface area contributed by atoms with Crippen molar-refractivity contribution in [3.63, 3.8) is 0 Å². The van der Waals surface area contributed by atoms with Gasteiger partial charge in [0.25, 0.3) is 0 Å². The fourth-order valence-electron chi connectivity index (χ4n) is 3.29. The number of ether oxygens (including phenoxy) is 1. The Kier molecular flexibility index (Phi) is 7.91. The largest absolute Gasteiger partial charge is 0.444 e. The molecule has 152 valence electrons. The van der Waals surface area contributed by atoms with Crippen LogP contribution in [-0.4, -0.2) is 36.7 Å². The molecule has 6 heteroatoms. The maximum Gasteiger partial charge on any atom is 0.226 e. The van der Waals surface area contributed by atoms with Crippen molar-refractivity contribution in [1.29, 1.82) is 0 Å². The minimum atomic E-state index is 0.475. The fraction of sp³-hybridized carbons (Fsp3) is 0.545. The number of benzene rings is 1. The maximum atomic E-state index is 5.90. The molecule has 2 aromatic rings. The van der Waals surface area contributed by atoms with Crippen LogP contribution in [0.4, 0.5) is 0 Å². The quantitative estimate of drug-likeness (QED) is 0.388. The van der Waals surface area contributed by atoms with Crippen molar-refractivity contribution in [3.8, 4) is 11.5 Å². The molecule has 0 unspecified atom stereocenters. The van der Waals surface area contributed by atoms with Gasteiger partial charge in [0.1, 0.15) is 12.0 Å². The minimum absolute atomic E-state index is 0.475. The summed E-state index contributed by atoms with van der Waals surface area (Å²) in [5.41, 5.74) is 3.01. The zero-order valence-electron chi connectivity index (χ0n) is 17.0. The highest BCUT2D eigenvalue weighted by Gasteiger charge is 2.14. The molecule has 1 fully saturated rings. The summed E-state index contributed by atoms with van der Waals surface area (Å²) in [6.45, 7) is 7.06. The van der Waals surface area contributed by atoms with Crippen LogP contribution in [-0.2, 0) is 11.3 Å². The predicted octanol–water partition coefficient (Wildman–Crippen LogP) is 4.05. The first-order valence-corrected chi connectivity index (χ1v) is 10.4. The molecule has 0 saturated heterocycles. The lowest BCUT2D eigenvalue weighted by atomic mass is 10.1. The number of aliphatic imine (C=N–C) groups is 1. The van der Waals surface area contributed by atoms with E-state index in [1.807, 2.05) is 12.1 Å². The Labute approximate surface area is 167 Å². The van der Waals surface area contributed by atoms with Gasteiger partial charge in [-0.25, -0.2) is 9.98 Å². The molecule has 1 aliphatic rings. The van der Waals surface area contributed by atoms with Gasteiger partial charge in [-0.2, -0.15) is 0 Å². The van der Waals surface area contributed by atoms with Gasteiger partial charge in [-0.05, 0) is 45.2 Å². The van der Waals surface area contributed by atoms with E-state index in [9.17, 15) is 0 Å². The van der Waals surface area contributed by atoms with E-state index in [1.165, 1.54) is 31.2 Å². The van der Waals surface area contributed by atoms with Gasteiger partial charge in [-0.1, -0.05) is 30.5 Å². The molecule has 6 nitrogen and oxygen atoms in total. The number of nitrogens with one attached hydrogen (secondary N) is 2. The fourth-order valence-corrected chi connectivity index (χ4v) is 3.29. The first-order valence-electron chi connectivity index (χ1n) is 10.4. The van der Waals surface area contributed by atoms with Gasteiger partial charge in [0.2, 0.25) is 5.89 Å². The lowest BCUT2D eigenvalue weighted by Gasteiger charge is -2.13. The van der Waals surface area contributed by atoms with Gasteiger partial charge < -0.3 is 19.8 Å². The van der Waals surface area contributed by atoms with Crippen LogP contribution in [0, 0.1) is 6.92 Å². The summed E-state index contributed by atoms with van der Waals surface area (Å²) in [5.74, 6) is 1.43. The molecule has 1 aromatic carbocycles. The molecule has 28 heavy (non-hydrogen) atoms. The van der Waals surface area contributed by atoms with E-state index in [1.54, 1.807) is 6.26 Å². The predicted molar refractivity (Wildman–Crippen MR) is 112 cm³/mol. The average molecular weight is 385 g/mol. The van der Waals surface area contributed by atoms with E-state index in [0.717, 1.165) is 43.3 Å². The maximum absolute atomic E-state index is 5.90. The van der Waals surface area contributed by atoms with Crippen molar-refractivity contribution >= 4 is 5.96 Å². The van der Waals surface area contributed by atoms with Crippen molar-refractivity contribution in [2.24, 2.45) is 4.99 Å². The molecule has 3 rings (SSSR count). The van der Waals surface area contributed by atoms with Crippen molar-refractivity contribution in [3.05, 3.63) is 41.8 Å². The van der Waals surface area contributed by atoms with E-state index in [4.69, 9.17) is 9.15 Å². The Balaban J connectivity index is 1.45. The van der Waals surface area contributed by atoms with Crippen LogP contribution in [0.3, 0.4) is 0 Å². The molecule has 0 atom stereocenters. The monoisotopic (exact) mass is 384 g/mol. The molecule has 0 amide bonds. The Hall–Kier alpha value is -2.34. The molecule has 1 saturated carbocycles. The summed E-state index contributed by atoms with van der Waals surface area (Å²) in [6, 6.07) is 8.16. The van der Waals surface area contributed by atoms with Crippen LogP contribution in [0.1, 0.15) is 50.3 Å². The van der Waals surface area contributed by atoms with Crippen LogP contribution in [0.5, 0.6) is 0 Å². The van der Waals surface area contributed by atoms with Gasteiger partial charge >= 0.3 is 0 Å². The number of rotatable bonds is 9. The smallest absolute Gasteiger partial charge is 0.226 e. The third-order valence-electron chi connectivity index (χ3n) is 4.86. The van der Waals surface area contributed by atoms with Crippen molar-refractivity contribution < 1.29 is 9.15 Å². The van der Waals surface area contributed by atoms with Crippen molar-refractivity contribution in [2.75, 3.05) is 19.7 Å². The molecule has 1 heterocycles. The molecule has 0 aliphatic heterocycles. The molecule has 0 spiro atoms. The molecular formula is C22H32N4O2. The van der Waals surface area contributed by atoms with E-state index >= 15 is 0 Å². The van der Waals surface area contributed by atoms with Gasteiger partial charge in [-0.3, -0.25) is 0 Å². The van der Waals surface area contributed by atoms with Crippen LogP contribution in [0.15, 0.2) is 39.9 Å². The Morgan fingerprint density at radius 1 is 1.21 bits per heavy atom. The Bertz CT molecular complexity index is 733. The molecule has 1 aromatic heterocycles. The number of oxazole rings is 1. The standard InChI is InChI=1S/C22H32N4O2/c1-3-23-22(24-13-6-14-27-20-7-4-5-8-20)25-15-19-16-28-21(26-19)18-11-9-17(2)10-12-18/h9-12,16,20H,3-8,13-15H2,1-2H3,(H2,23,24,25). The highest BCUT2D eigenvalue weighted by atomic mass is 16.5. The Morgan fingerprint density at radius 2 is 2.00 bits per heavy atom. The van der Waals surface area contributed by atoms with Crippen LogP contribution in [0.2, 0.25) is 0 Å². The number of aryl methyl sites for hydroxylation is 1. The number of aromatic nitrogens is 1. The number of hydrogen-bond acceptors (Lipinski definition) is 4. The zero-order valence-corrected chi connectivity index (χ0v) is 17.0. The van der Waals surface area contributed by atoms with E-state index < -0.39 is 0 Å². The number of guanidine groups is 1. The van der Waals surface area contributed by atoms with Gasteiger partial charge in [-0.15, -0.1) is 0 Å². The average Bonchev–Trinajstić information content (AvgIpc) is 3.38. The van der Waals surface area contributed by atoms with E-state index in [2.05, 4.69) is 46.6 Å². The third-order valence-corrected chi connectivity index (χ3v) is 4.86. The highest BCUT2D eigenvalue weighted by molar-refractivity contribution is 5.79.